The first-order valence-electron chi connectivity index (χ1n) is 9.65. The topological polar surface area (TPSA) is 87.8 Å². The van der Waals surface area contributed by atoms with Crippen LogP contribution in [0.5, 0.6) is 0 Å². The van der Waals surface area contributed by atoms with Crippen molar-refractivity contribution in [1.82, 2.24) is 25.7 Å². The van der Waals surface area contributed by atoms with Crippen LogP contribution in [0.4, 0.5) is 0 Å². The Morgan fingerprint density at radius 1 is 1.28 bits per heavy atom. The van der Waals surface area contributed by atoms with Crippen LogP contribution in [0.3, 0.4) is 0 Å². The molecule has 0 atom stereocenters. The Kier molecular flexibility index (Phi) is 10.7. The number of rotatable bonds is 8. The Morgan fingerprint density at radius 3 is 2.86 bits per heavy atom. The van der Waals surface area contributed by atoms with Gasteiger partial charge in [-0.1, -0.05) is 28.9 Å². The quantitative estimate of drug-likeness (QED) is 0.233. The van der Waals surface area contributed by atoms with Crippen molar-refractivity contribution in [2.75, 3.05) is 45.9 Å². The largest absolute Gasteiger partial charge is 0.379 e. The highest BCUT2D eigenvalue weighted by Crippen LogP contribution is 2.20. The van der Waals surface area contributed by atoms with Gasteiger partial charge in [0.25, 0.3) is 0 Å². The van der Waals surface area contributed by atoms with Crippen molar-refractivity contribution in [2.45, 2.75) is 19.9 Å². The molecular formula is C19H28ClIN6O2. The number of nitrogens with one attached hydrogen (secondary N) is 2. The second-order valence-electron chi connectivity index (χ2n) is 6.45. The molecule has 1 saturated heterocycles. The number of hydrogen-bond donors (Lipinski definition) is 2. The fourth-order valence-electron chi connectivity index (χ4n) is 2.89. The molecule has 0 bridgehead atoms. The molecule has 8 nitrogen and oxygen atoms in total. The second-order valence-corrected chi connectivity index (χ2v) is 6.89. The van der Waals surface area contributed by atoms with Gasteiger partial charge in [-0.2, -0.15) is 4.98 Å². The Labute approximate surface area is 193 Å². The predicted molar refractivity (Wildman–Crippen MR) is 125 cm³/mol. The zero-order valence-corrected chi connectivity index (χ0v) is 19.7. The van der Waals surface area contributed by atoms with Crippen LogP contribution in [0.25, 0.3) is 11.4 Å². The van der Waals surface area contributed by atoms with E-state index < -0.39 is 0 Å². The lowest BCUT2D eigenvalue weighted by molar-refractivity contribution is 0.0376. The molecule has 0 spiro atoms. The Hall–Kier alpha value is -1.43. The average molecular weight is 535 g/mol. The number of hydrogen-bond acceptors (Lipinski definition) is 6. The van der Waals surface area contributed by atoms with E-state index in [9.17, 15) is 0 Å². The van der Waals surface area contributed by atoms with Crippen molar-refractivity contribution in [2.24, 2.45) is 4.99 Å². The predicted octanol–water partition coefficient (Wildman–Crippen LogP) is 2.79. The normalized spacial score (nSPS) is 15.0. The lowest BCUT2D eigenvalue weighted by Gasteiger charge is -2.26. The van der Waals surface area contributed by atoms with E-state index in [0.29, 0.717) is 23.3 Å². The van der Waals surface area contributed by atoms with Gasteiger partial charge in [-0.3, -0.25) is 4.90 Å². The van der Waals surface area contributed by atoms with Gasteiger partial charge in [0.1, 0.15) is 6.54 Å². The van der Waals surface area contributed by atoms with Crippen molar-refractivity contribution in [3.8, 4) is 11.4 Å². The number of ether oxygens (including phenoxy) is 1. The van der Waals surface area contributed by atoms with Crippen molar-refractivity contribution in [1.29, 1.82) is 0 Å². The zero-order valence-electron chi connectivity index (χ0n) is 16.6. The van der Waals surface area contributed by atoms with E-state index in [1.54, 1.807) is 6.07 Å². The molecule has 2 N–H and O–H groups in total. The van der Waals surface area contributed by atoms with Crippen LogP contribution in [0.1, 0.15) is 19.2 Å². The molecule has 1 aromatic carbocycles. The molecule has 2 aromatic rings. The summed E-state index contributed by atoms with van der Waals surface area (Å²) in [5.74, 6) is 1.71. The highest BCUT2D eigenvalue weighted by Gasteiger charge is 2.10. The summed E-state index contributed by atoms with van der Waals surface area (Å²) < 4.78 is 10.7. The molecule has 10 heteroatoms. The maximum absolute atomic E-state index is 6.02. The number of aliphatic imine (C=N–C) groups is 1. The molecule has 1 aliphatic heterocycles. The SMILES string of the molecule is CCNC(=NCc1nc(-c2cccc(Cl)c2)no1)NCCCN1CCOCC1.I. The first-order valence-corrected chi connectivity index (χ1v) is 10.0. The molecule has 0 aliphatic carbocycles. The Morgan fingerprint density at radius 2 is 2.10 bits per heavy atom. The molecule has 3 rings (SSSR count). The Balaban J connectivity index is 0.00000300. The van der Waals surface area contributed by atoms with Crippen LogP contribution in [0.15, 0.2) is 33.8 Å². The number of morpholine rings is 1. The molecule has 0 amide bonds. The van der Waals surface area contributed by atoms with Crippen LogP contribution >= 0.6 is 35.6 Å². The molecule has 1 fully saturated rings. The van der Waals surface area contributed by atoms with Gasteiger partial charge in [-0.15, -0.1) is 24.0 Å². The Bertz CT molecular complexity index is 767. The summed E-state index contributed by atoms with van der Waals surface area (Å²) in [6.07, 6.45) is 1.05. The molecule has 0 unspecified atom stereocenters. The molecule has 0 radical (unpaired) electrons. The molecule has 0 saturated carbocycles. The number of guanidine groups is 1. The summed E-state index contributed by atoms with van der Waals surface area (Å²) in [6, 6.07) is 7.36. The summed E-state index contributed by atoms with van der Waals surface area (Å²) >= 11 is 6.02. The van der Waals surface area contributed by atoms with Gasteiger partial charge in [-0.05, 0) is 32.0 Å². The van der Waals surface area contributed by atoms with Crippen LogP contribution in [0, 0.1) is 0 Å². The van der Waals surface area contributed by atoms with Gasteiger partial charge >= 0.3 is 0 Å². The monoisotopic (exact) mass is 534 g/mol. The minimum atomic E-state index is 0. The lowest BCUT2D eigenvalue weighted by Crippen LogP contribution is -2.40. The van der Waals surface area contributed by atoms with Crippen LogP contribution in [-0.2, 0) is 11.3 Å². The first kappa shape index (κ1) is 23.8. The van der Waals surface area contributed by atoms with Gasteiger partial charge in [0.2, 0.25) is 11.7 Å². The number of nitrogens with zero attached hydrogens (tertiary/aromatic N) is 4. The number of benzene rings is 1. The van der Waals surface area contributed by atoms with E-state index >= 15 is 0 Å². The van der Waals surface area contributed by atoms with E-state index in [2.05, 4.69) is 30.7 Å². The molecule has 160 valence electrons. The van der Waals surface area contributed by atoms with Crippen molar-refractivity contribution >= 4 is 41.5 Å². The number of aromatic nitrogens is 2. The minimum absolute atomic E-state index is 0. The summed E-state index contributed by atoms with van der Waals surface area (Å²) in [7, 11) is 0. The van der Waals surface area contributed by atoms with Crippen molar-refractivity contribution in [3.05, 3.63) is 35.2 Å². The summed E-state index contributed by atoms with van der Waals surface area (Å²) in [6.45, 7) is 8.73. The van der Waals surface area contributed by atoms with Crippen LogP contribution < -0.4 is 10.6 Å². The van der Waals surface area contributed by atoms with E-state index in [1.807, 2.05) is 25.1 Å². The van der Waals surface area contributed by atoms with Gasteiger partial charge in [0.05, 0.1) is 13.2 Å². The van der Waals surface area contributed by atoms with Crippen molar-refractivity contribution in [3.63, 3.8) is 0 Å². The van der Waals surface area contributed by atoms with Gasteiger partial charge in [-0.25, -0.2) is 4.99 Å². The maximum Gasteiger partial charge on any atom is 0.248 e. The summed E-state index contributed by atoms with van der Waals surface area (Å²) in [5.41, 5.74) is 0.819. The number of halogens is 2. The highest BCUT2D eigenvalue weighted by atomic mass is 127. The highest BCUT2D eigenvalue weighted by molar-refractivity contribution is 14.0. The fraction of sp³-hybridized carbons (Fsp3) is 0.526. The smallest absolute Gasteiger partial charge is 0.248 e. The third-order valence-electron chi connectivity index (χ3n) is 4.31. The molecule has 2 heterocycles. The fourth-order valence-corrected chi connectivity index (χ4v) is 3.08. The van der Waals surface area contributed by atoms with Crippen LogP contribution in [-0.4, -0.2) is 66.9 Å². The minimum Gasteiger partial charge on any atom is -0.379 e. The molecular weight excluding hydrogens is 507 g/mol. The maximum atomic E-state index is 6.02. The molecule has 1 aromatic heterocycles. The van der Waals surface area contributed by atoms with Crippen molar-refractivity contribution < 1.29 is 9.26 Å². The van der Waals surface area contributed by atoms with E-state index in [0.717, 1.165) is 63.9 Å². The summed E-state index contributed by atoms with van der Waals surface area (Å²) in [4.78, 5) is 11.3. The average Bonchev–Trinajstić information content (AvgIpc) is 3.19. The third-order valence-corrected chi connectivity index (χ3v) is 4.55. The molecule has 1 aliphatic rings. The summed E-state index contributed by atoms with van der Waals surface area (Å²) in [5, 5.41) is 11.2. The zero-order chi connectivity index (χ0) is 19.6. The van der Waals surface area contributed by atoms with E-state index in [4.69, 9.17) is 20.9 Å². The molecule has 29 heavy (non-hydrogen) atoms. The van der Waals surface area contributed by atoms with E-state index in [-0.39, 0.29) is 24.0 Å². The second kappa shape index (κ2) is 13.0. The van der Waals surface area contributed by atoms with Gasteiger partial charge < -0.3 is 19.9 Å². The van der Waals surface area contributed by atoms with Gasteiger partial charge in [0.15, 0.2) is 5.96 Å². The third kappa shape index (κ3) is 8.07. The van der Waals surface area contributed by atoms with E-state index in [1.165, 1.54) is 0 Å². The standard InChI is InChI=1S/C19H27ClN6O2.HI/c1-2-21-19(22-7-4-8-26-9-11-27-12-10-26)23-14-17-24-18(25-28-17)15-5-3-6-16(20)13-15;/h3,5-6,13H,2,4,7-12,14H2,1H3,(H2,21,22,23);1H. The first-order chi connectivity index (χ1) is 13.7. The van der Waals surface area contributed by atoms with Crippen LogP contribution in [0.2, 0.25) is 5.02 Å². The van der Waals surface area contributed by atoms with Gasteiger partial charge in [0, 0.05) is 36.8 Å². The lowest BCUT2D eigenvalue weighted by atomic mass is 10.2.